The average molecular weight is 264 g/mol. The van der Waals surface area contributed by atoms with Crippen molar-refractivity contribution in [3.63, 3.8) is 0 Å². The molecule has 94 valence electrons. The largest absolute Gasteiger partial charge is 0.508 e. The summed E-state index contributed by atoms with van der Waals surface area (Å²) in [5.74, 6) is 0.326. The lowest BCUT2D eigenvalue weighted by molar-refractivity contribution is 0.0661. The number of carboxylic acid groups (broad SMARTS) is 1. The number of aromatic hydroxyl groups is 1. The van der Waals surface area contributed by atoms with E-state index in [1.165, 1.54) is 17.8 Å². The summed E-state index contributed by atoms with van der Waals surface area (Å²) in [6, 6.07) is 8.46. The number of hydrogen-bond acceptors (Lipinski definition) is 4. The van der Waals surface area contributed by atoms with Gasteiger partial charge in [0.1, 0.15) is 11.5 Å². The van der Waals surface area contributed by atoms with Gasteiger partial charge < -0.3 is 14.6 Å². The van der Waals surface area contributed by atoms with E-state index in [9.17, 15) is 9.90 Å². The van der Waals surface area contributed by atoms with Gasteiger partial charge in [-0.3, -0.25) is 0 Å². The molecule has 4 nitrogen and oxygen atoms in total. The maximum atomic E-state index is 10.8. The summed E-state index contributed by atoms with van der Waals surface area (Å²) in [5, 5.41) is 18.1. The molecule has 5 heteroatoms. The topological polar surface area (TPSA) is 70.7 Å². The van der Waals surface area contributed by atoms with Crippen molar-refractivity contribution >= 4 is 17.7 Å². The molecular formula is C13H12O4S. The minimum absolute atomic E-state index is 0.0426. The second-order valence-corrected chi connectivity index (χ2v) is 4.83. The van der Waals surface area contributed by atoms with Crippen LogP contribution >= 0.6 is 11.8 Å². The lowest BCUT2D eigenvalue weighted by Crippen LogP contribution is -1.91. The Morgan fingerprint density at radius 2 is 2.17 bits per heavy atom. The number of rotatable bonds is 4. The zero-order chi connectivity index (χ0) is 13.1. The molecule has 0 amide bonds. The molecule has 0 fully saturated rings. The fourth-order valence-electron chi connectivity index (χ4n) is 1.50. The smallest absolute Gasteiger partial charge is 0.371 e. The summed E-state index contributed by atoms with van der Waals surface area (Å²) < 4.78 is 5.13. The van der Waals surface area contributed by atoms with Gasteiger partial charge in [0.2, 0.25) is 5.76 Å². The molecule has 0 aliphatic rings. The van der Waals surface area contributed by atoms with E-state index in [4.69, 9.17) is 9.52 Å². The van der Waals surface area contributed by atoms with Crippen molar-refractivity contribution in [1.82, 2.24) is 0 Å². The van der Waals surface area contributed by atoms with Gasteiger partial charge in [0.15, 0.2) is 0 Å². The van der Waals surface area contributed by atoms with Gasteiger partial charge in [-0.25, -0.2) is 4.79 Å². The summed E-state index contributed by atoms with van der Waals surface area (Å²) in [4.78, 5) is 11.7. The number of phenolic OH excluding ortho intramolecular Hbond substituents is 1. The molecule has 0 aliphatic carbocycles. The number of carbonyl (C=O) groups is 1. The molecule has 0 bridgehead atoms. The second kappa shape index (κ2) is 5.18. The third kappa shape index (κ3) is 2.87. The lowest BCUT2D eigenvalue weighted by atomic mass is 10.3. The minimum Gasteiger partial charge on any atom is -0.508 e. The standard InChI is InChI=1S/C13H12O4S/c1-8-9(5-12(17-8)13(15)16)7-18-11-4-2-3-10(14)6-11/h2-6,14H,7H2,1H3,(H,15,16). The molecule has 2 N–H and O–H groups in total. The van der Waals surface area contributed by atoms with Crippen LogP contribution in [0.15, 0.2) is 39.6 Å². The minimum atomic E-state index is -1.06. The number of aryl methyl sites for hydroxylation is 1. The van der Waals surface area contributed by atoms with Crippen molar-refractivity contribution in [2.75, 3.05) is 0 Å². The molecule has 0 radical (unpaired) electrons. The molecular weight excluding hydrogens is 252 g/mol. The summed E-state index contributed by atoms with van der Waals surface area (Å²) in [6.07, 6.45) is 0. The SMILES string of the molecule is Cc1oc(C(=O)O)cc1CSc1cccc(O)c1. The van der Waals surface area contributed by atoms with Crippen LogP contribution in [0.5, 0.6) is 5.75 Å². The van der Waals surface area contributed by atoms with Crippen LogP contribution < -0.4 is 0 Å². The van der Waals surface area contributed by atoms with Gasteiger partial charge in [0.25, 0.3) is 0 Å². The fourth-order valence-corrected chi connectivity index (χ4v) is 2.49. The van der Waals surface area contributed by atoms with E-state index in [1.807, 2.05) is 6.07 Å². The monoisotopic (exact) mass is 264 g/mol. The van der Waals surface area contributed by atoms with Crippen LogP contribution in [-0.2, 0) is 5.75 Å². The third-order valence-electron chi connectivity index (χ3n) is 2.44. The van der Waals surface area contributed by atoms with Gasteiger partial charge in [-0.15, -0.1) is 11.8 Å². The quantitative estimate of drug-likeness (QED) is 0.829. The molecule has 0 atom stereocenters. The van der Waals surface area contributed by atoms with E-state index >= 15 is 0 Å². The highest BCUT2D eigenvalue weighted by Crippen LogP contribution is 2.28. The van der Waals surface area contributed by atoms with E-state index in [2.05, 4.69) is 0 Å². The molecule has 1 aromatic heterocycles. The van der Waals surface area contributed by atoms with Crippen molar-refractivity contribution in [2.24, 2.45) is 0 Å². The summed E-state index contributed by atoms with van der Waals surface area (Å²) >= 11 is 1.51. The van der Waals surface area contributed by atoms with Crippen LogP contribution in [-0.4, -0.2) is 16.2 Å². The Bertz CT molecular complexity index is 574. The van der Waals surface area contributed by atoms with Crippen LogP contribution in [0.1, 0.15) is 21.9 Å². The molecule has 18 heavy (non-hydrogen) atoms. The van der Waals surface area contributed by atoms with Crippen molar-refractivity contribution in [2.45, 2.75) is 17.6 Å². The predicted octanol–water partition coefficient (Wildman–Crippen LogP) is 3.28. The van der Waals surface area contributed by atoms with Crippen LogP contribution in [0.25, 0.3) is 0 Å². The molecule has 2 rings (SSSR count). The molecule has 0 aliphatic heterocycles. The van der Waals surface area contributed by atoms with Crippen LogP contribution in [0.3, 0.4) is 0 Å². The number of aromatic carboxylic acids is 1. The molecule has 0 unspecified atom stereocenters. The number of carboxylic acids is 1. The lowest BCUT2D eigenvalue weighted by Gasteiger charge is -2.01. The molecule has 2 aromatic rings. The maximum Gasteiger partial charge on any atom is 0.371 e. The first-order valence-corrected chi connectivity index (χ1v) is 6.29. The Morgan fingerprint density at radius 3 is 2.78 bits per heavy atom. The number of furan rings is 1. The van der Waals surface area contributed by atoms with Gasteiger partial charge in [-0.2, -0.15) is 0 Å². The van der Waals surface area contributed by atoms with Crippen molar-refractivity contribution < 1.29 is 19.4 Å². The van der Waals surface area contributed by atoms with E-state index in [1.54, 1.807) is 25.1 Å². The zero-order valence-electron chi connectivity index (χ0n) is 9.71. The third-order valence-corrected chi connectivity index (χ3v) is 3.49. The van der Waals surface area contributed by atoms with Gasteiger partial charge >= 0.3 is 5.97 Å². The maximum absolute atomic E-state index is 10.8. The highest BCUT2D eigenvalue weighted by molar-refractivity contribution is 7.98. The first-order chi connectivity index (χ1) is 8.56. The van der Waals surface area contributed by atoms with E-state index in [-0.39, 0.29) is 11.5 Å². The molecule has 0 spiro atoms. The van der Waals surface area contributed by atoms with Crippen LogP contribution in [0, 0.1) is 6.92 Å². The first-order valence-electron chi connectivity index (χ1n) is 5.30. The highest BCUT2D eigenvalue weighted by Gasteiger charge is 2.13. The Kier molecular flexibility index (Phi) is 3.62. The first kappa shape index (κ1) is 12.6. The molecule has 0 saturated heterocycles. The van der Waals surface area contributed by atoms with E-state index in [0.29, 0.717) is 11.5 Å². The van der Waals surface area contributed by atoms with Gasteiger partial charge in [0, 0.05) is 16.2 Å². The van der Waals surface area contributed by atoms with Crippen molar-refractivity contribution in [3.05, 3.63) is 47.4 Å². The number of hydrogen-bond donors (Lipinski definition) is 2. The average Bonchev–Trinajstić information content (AvgIpc) is 2.68. The zero-order valence-corrected chi connectivity index (χ0v) is 10.5. The van der Waals surface area contributed by atoms with Crippen molar-refractivity contribution in [1.29, 1.82) is 0 Å². The van der Waals surface area contributed by atoms with Gasteiger partial charge in [-0.1, -0.05) is 6.07 Å². The number of benzene rings is 1. The molecule has 1 heterocycles. The Labute approximate surface area is 108 Å². The summed E-state index contributed by atoms with van der Waals surface area (Å²) in [7, 11) is 0. The van der Waals surface area contributed by atoms with Crippen LogP contribution in [0.4, 0.5) is 0 Å². The number of thioether (sulfide) groups is 1. The second-order valence-electron chi connectivity index (χ2n) is 3.78. The van der Waals surface area contributed by atoms with Crippen LogP contribution in [0.2, 0.25) is 0 Å². The molecule has 0 saturated carbocycles. The fraction of sp³-hybridized carbons (Fsp3) is 0.154. The number of phenols is 1. The van der Waals surface area contributed by atoms with Gasteiger partial charge in [-0.05, 0) is 31.2 Å². The predicted molar refractivity (Wildman–Crippen MR) is 68.1 cm³/mol. The van der Waals surface area contributed by atoms with E-state index in [0.717, 1.165) is 10.5 Å². The summed E-state index contributed by atoms with van der Waals surface area (Å²) in [5.41, 5.74) is 0.848. The van der Waals surface area contributed by atoms with E-state index < -0.39 is 5.97 Å². The Morgan fingerprint density at radius 1 is 1.39 bits per heavy atom. The highest BCUT2D eigenvalue weighted by atomic mass is 32.2. The van der Waals surface area contributed by atoms with Gasteiger partial charge in [0.05, 0.1) is 0 Å². The normalized spacial score (nSPS) is 10.5. The van der Waals surface area contributed by atoms with Crippen molar-refractivity contribution in [3.8, 4) is 5.75 Å². The Hall–Kier alpha value is -1.88. The molecule has 1 aromatic carbocycles. The summed E-state index contributed by atoms with van der Waals surface area (Å²) in [6.45, 7) is 1.74. The Balaban J connectivity index is 2.08.